The Labute approximate surface area is 175 Å². The van der Waals surface area contributed by atoms with E-state index in [1.54, 1.807) is 0 Å². The maximum atomic E-state index is 12.1. The molecule has 0 aromatic heterocycles. The number of carbonyl (C=O) groups excluding carboxylic acids is 3. The van der Waals surface area contributed by atoms with Crippen LogP contribution in [-0.4, -0.2) is 46.4 Å². The van der Waals surface area contributed by atoms with Crippen LogP contribution < -0.4 is 0 Å². The van der Waals surface area contributed by atoms with Gasteiger partial charge in [0.25, 0.3) is 0 Å². The van der Waals surface area contributed by atoms with Gasteiger partial charge in [0, 0.05) is 0 Å². The molecular weight excluding hydrogens is 455 g/mol. The summed E-state index contributed by atoms with van der Waals surface area (Å²) in [4.78, 5) is 36.3. The van der Waals surface area contributed by atoms with Crippen molar-refractivity contribution >= 4 is 40.4 Å². The Bertz CT molecular complexity index is 524. The second-order valence-corrected chi connectivity index (χ2v) is 9.56. The van der Waals surface area contributed by atoms with E-state index in [0.29, 0.717) is 6.42 Å². The van der Waals surface area contributed by atoms with Crippen LogP contribution in [-0.2, 0) is 28.6 Å². The van der Waals surface area contributed by atoms with Gasteiger partial charge in [-0.1, -0.05) is 0 Å². The molecule has 0 aliphatic carbocycles. The molecule has 6 nitrogen and oxygen atoms in total. The molecule has 0 N–H and O–H groups in total. The summed E-state index contributed by atoms with van der Waals surface area (Å²) in [5.41, 5.74) is 0.268. The van der Waals surface area contributed by atoms with Gasteiger partial charge in [0.1, 0.15) is 0 Å². The minimum absolute atomic E-state index is 0.0232. The van der Waals surface area contributed by atoms with Crippen molar-refractivity contribution in [1.29, 1.82) is 0 Å². The summed E-state index contributed by atoms with van der Waals surface area (Å²) in [5, 5.41) is 0. The number of unbranched alkanes of at least 4 members (excludes halogenated alkanes) is 4. The van der Waals surface area contributed by atoms with Crippen LogP contribution in [0.2, 0.25) is 4.44 Å². The first-order valence-corrected chi connectivity index (χ1v) is 13.2. The predicted octanol–water partition coefficient (Wildman–Crippen LogP) is 3.12. The first-order chi connectivity index (χ1) is 12.5. The van der Waals surface area contributed by atoms with Gasteiger partial charge in [0.15, 0.2) is 0 Å². The van der Waals surface area contributed by atoms with Gasteiger partial charge in [-0.3, -0.25) is 0 Å². The monoisotopic (exact) mass is 488 g/mol. The van der Waals surface area contributed by atoms with Gasteiger partial charge in [-0.25, -0.2) is 0 Å². The molecule has 0 amide bonds. The molecule has 0 atom stereocenters. The van der Waals surface area contributed by atoms with Gasteiger partial charge in [-0.15, -0.1) is 0 Å². The van der Waals surface area contributed by atoms with E-state index in [4.69, 9.17) is 14.2 Å². The van der Waals surface area contributed by atoms with Crippen molar-refractivity contribution in [3.63, 3.8) is 0 Å². The number of hydrogen-bond donors (Lipinski definition) is 0. The zero-order chi connectivity index (χ0) is 21.0. The molecule has 0 fully saturated rings. The van der Waals surface area contributed by atoms with Crippen LogP contribution in [0.1, 0.15) is 59.3 Å². The van der Waals surface area contributed by atoms with Crippen molar-refractivity contribution < 1.29 is 28.6 Å². The predicted molar refractivity (Wildman–Crippen MR) is 108 cm³/mol. The van der Waals surface area contributed by atoms with Crippen LogP contribution in [0.25, 0.3) is 0 Å². The zero-order valence-corrected chi connectivity index (χ0v) is 22.7. The summed E-state index contributed by atoms with van der Waals surface area (Å²) in [7, 11) is 0. The van der Waals surface area contributed by atoms with E-state index in [9.17, 15) is 14.4 Å². The van der Waals surface area contributed by atoms with Gasteiger partial charge in [-0.05, 0) is 0 Å². The van der Waals surface area contributed by atoms with Crippen molar-refractivity contribution in [3.8, 4) is 0 Å². The van der Waals surface area contributed by atoms with Crippen molar-refractivity contribution in [2.75, 3.05) is 0 Å². The first kappa shape index (κ1) is 25.4. The summed E-state index contributed by atoms with van der Waals surface area (Å²) in [6.45, 7) is 14.9. The SMILES string of the molecule is C=C(C)C(=O)OC(CCCCCC[CH2][SnH3])(OC(=O)C(=C)C)OC(=O)C(=C)C. The van der Waals surface area contributed by atoms with Crippen LogP contribution in [0.15, 0.2) is 36.5 Å². The van der Waals surface area contributed by atoms with Crippen molar-refractivity contribution in [1.82, 2.24) is 0 Å². The molecule has 0 rings (SSSR count). The molecule has 0 aliphatic rings. The standard InChI is InChI=1S/C20H29O6.Sn.3H/c1-8-9-10-11-12-13-20(24-17(21)14(2)3,25-18(22)15(4)5)26-19(23)16(6)7;;;;/h1-2,4,6,8-13H2,3,5,7H3;;;;. The summed E-state index contributed by atoms with van der Waals surface area (Å²) in [6, 6.07) is 0. The maximum absolute atomic E-state index is 12.1. The Hall–Kier alpha value is -1.57. The summed E-state index contributed by atoms with van der Waals surface area (Å²) < 4.78 is 17.1. The average molecular weight is 487 g/mol. The molecule has 0 saturated carbocycles. The second-order valence-electron chi connectivity index (χ2n) is 6.71. The third-order valence-electron chi connectivity index (χ3n) is 3.63. The molecule has 0 aromatic carbocycles. The third-order valence-corrected chi connectivity index (χ3v) is 5.64. The van der Waals surface area contributed by atoms with Gasteiger partial charge >= 0.3 is 175 Å². The molecule has 152 valence electrons. The van der Waals surface area contributed by atoms with Crippen LogP contribution in [0.4, 0.5) is 0 Å². The van der Waals surface area contributed by atoms with E-state index < -0.39 is 23.9 Å². The average Bonchev–Trinajstić information content (AvgIpc) is 2.57. The van der Waals surface area contributed by atoms with E-state index in [-0.39, 0.29) is 23.1 Å². The van der Waals surface area contributed by atoms with Crippen molar-refractivity contribution in [2.24, 2.45) is 0 Å². The summed E-state index contributed by atoms with van der Waals surface area (Å²) in [5.74, 6) is -4.63. The molecule has 0 spiro atoms. The number of esters is 3. The molecule has 0 unspecified atom stereocenters. The molecule has 0 bridgehead atoms. The van der Waals surface area contributed by atoms with Gasteiger partial charge < -0.3 is 0 Å². The Morgan fingerprint density at radius 1 is 0.704 bits per heavy atom. The normalized spacial score (nSPS) is 10.8. The molecule has 0 aromatic rings. The van der Waals surface area contributed by atoms with Crippen LogP contribution in [0, 0.1) is 0 Å². The van der Waals surface area contributed by atoms with Crippen LogP contribution in [0.5, 0.6) is 0 Å². The fourth-order valence-corrected chi connectivity index (χ4v) is 3.45. The number of carbonyl (C=O) groups is 3. The zero-order valence-electron chi connectivity index (χ0n) is 17.0. The molecule has 0 radical (unpaired) electrons. The fourth-order valence-electron chi connectivity index (χ4n) is 2.02. The minimum atomic E-state index is -2.16. The number of hydrogen-bond acceptors (Lipinski definition) is 6. The van der Waals surface area contributed by atoms with E-state index in [1.165, 1.54) is 31.6 Å². The van der Waals surface area contributed by atoms with E-state index >= 15 is 0 Å². The Morgan fingerprint density at radius 3 is 1.37 bits per heavy atom. The number of ether oxygens (including phenoxy) is 3. The van der Waals surface area contributed by atoms with Crippen molar-refractivity contribution in [2.45, 2.75) is 69.7 Å². The second kappa shape index (κ2) is 12.8. The fraction of sp³-hybridized carbons (Fsp3) is 0.550. The number of rotatable bonds is 13. The van der Waals surface area contributed by atoms with Crippen molar-refractivity contribution in [3.05, 3.63) is 36.5 Å². The molecule has 7 heteroatoms. The quantitative estimate of drug-likeness (QED) is 0.131. The molecular formula is C20H32O6Sn. The van der Waals surface area contributed by atoms with E-state index in [0.717, 1.165) is 41.8 Å². The third kappa shape index (κ3) is 10.4. The molecule has 0 saturated heterocycles. The Kier molecular flexibility index (Phi) is 12.0. The molecule has 27 heavy (non-hydrogen) atoms. The summed E-state index contributed by atoms with van der Waals surface area (Å²) in [6.07, 6.45) is 4.76. The van der Waals surface area contributed by atoms with E-state index in [1.807, 2.05) is 0 Å². The molecule has 0 aliphatic heterocycles. The Balaban J connectivity index is 5.47. The van der Waals surface area contributed by atoms with Gasteiger partial charge in [-0.2, -0.15) is 0 Å². The van der Waals surface area contributed by atoms with Crippen LogP contribution in [0.3, 0.4) is 0 Å². The van der Waals surface area contributed by atoms with E-state index in [2.05, 4.69) is 19.7 Å². The molecule has 0 heterocycles. The topological polar surface area (TPSA) is 78.9 Å². The van der Waals surface area contributed by atoms with Gasteiger partial charge in [0.2, 0.25) is 0 Å². The Morgan fingerprint density at radius 2 is 1.04 bits per heavy atom. The van der Waals surface area contributed by atoms with Gasteiger partial charge in [0.05, 0.1) is 0 Å². The first-order valence-electron chi connectivity index (χ1n) is 9.21. The summed E-state index contributed by atoms with van der Waals surface area (Å²) >= 11 is 0.717. The van der Waals surface area contributed by atoms with Crippen LogP contribution >= 0.6 is 0 Å².